The zero-order valence-electron chi connectivity index (χ0n) is 54.4. The van der Waals surface area contributed by atoms with Gasteiger partial charge in [0.1, 0.15) is 13.2 Å². The zero-order chi connectivity index (χ0) is 59.9. The van der Waals surface area contributed by atoms with Crippen molar-refractivity contribution in [1.29, 1.82) is 0 Å². The van der Waals surface area contributed by atoms with Gasteiger partial charge in [0.25, 0.3) is 0 Å². The lowest BCUT2D eigenvalue weighted by Crippen LogP contribution is -2.30. The SMILES string of the molecule is CC/C=C\C/C=C\C/C=C\C/C=C\C/C=C\C/C=C\C/C=C\CCCCCCCCCCCCCCCC(=O)OCC(COC(=O)CCCCCCCCCCCCCCCCC)OC(=O)CCCCCCC/C=C\C/C=C\C/C=C\CC. The van der Waals surface area contributed by atoms with Crippen LogP contribution in [0.5, 0.6) is 0 Å². The Labute approximate surface area is 513 Å². The number of ether oxygens (including phenoxy) is 3. The molecule has 0 aromatic heterocycles. The summed E-state index contributed by atoms with van der Waals surface area (Å²) >= 11 is 0. The second-order valence-electron chi connectivity index (χ2n) is 23.0. The van der Waals surface area contributed by atoms with Crippen LogP contribution in [0.15, 0.2) is 122 Å². The molecule has 0 radical (unpaired) electrons. The fourth-order valence-corrected chi connectivity index (χ4v) is 9.79. The van der Waals surface area contributed by atoms with Gasteiger partial charge < -0.3 is 14.2 Å². The summed E-state index contributed by atoms with van der Waals surface area (Å²) in [5.41, 5.74) is 0. The van der Waals surface area contributed by atoms with Gasteiger partial charge >= 0.3 is 17.9 Å². The van der Waals surface area contributed by atoms with E-state index in [4.69, 9.17) is 14.2 Å². The largest absolute Gasteiger partial charge is 0.462 e. The van der Waals surface area contributed by atoms with Gasteiger partial charge in [-0.3, -0.25) is 14.4 Å². The third-order valence-corrected chi connectivity index (χ3v) is 15.0. The molecule has 0 aromatic rings. The maximum atomic E-state index is 12.9. The Hall–Kier alpha value is -4.19. The minimum Gasteiger partial charge on any atom is -0.462 e. The Morgan fingerprint density at radius 1 is 0.253 bits per heavy atom. The Morgan fingerprint density at radius 3 is 0.735 bits per heavy atom. The number of hydrogen-bond acceptors (Lipinski definition) is 6. The highest BCUT2D eigenvalue weighted by molar-refractivity contribution is 5.71. The number of esters is 3. The first kappa shape index (κ1) is 78.8. The average Bonchev–Trinajstić information content (AvgIpc) is 3.49. The van der Waals surface area contributed by atoms with E-state index < -0.39 is 6.10 Å². The third-order valence-electron chi connectivity index (χ3n) is 15.0. The van der Waals surface area contributed by atoms with Crippen molar-refractivity contribution in [3.8, 4) is 0 Å². The van der Waals surface area contributed by atoms with Gasteiger partial charge in [0.05, 0.1) is 0 Å². The van der Waals surface area contributed by atoms with Gasteiger partial charge in [-0.15, -0.1) is 0 Å². The molecule has 0 saturated heterocycles. The molecule has 0 spiro atoms. The van der Waals surface area contributed by atoms with Gasteiger partial charge in [-0.25, -0.2) is 0 Å². The maximum absolute atomic E-state index is 12.9. The molecule has 0 aliphatic rings. The summed E-state index contributed by atoms with van der Waals surface area (Å²) in [7, 11) is 0. The van der Waals surface area contributed by atoms with Crippen molar-refractivity contribution in [2.45, 2.75) is 335 Å². The number of rotatable bonds is 63. The maximum Gasteiger partial charge on any atom is 0.306 e. The smallest absolute Gasteiger partial charge is 0.306 e. The fourth-order valence-electron chi connectivity index (χ4n) is 9.79. The lowest BCUT2D eigenvalue weighted by molar-refractivity contribution is -0.167. The molecule has 474 valence electrons. The van der Waals surface area contributed by atoms with Crippen molar-refractivity contribution in [3.05, 3.63) is 122 Å². The van der Waals surface area contributed by atoms with Gasteiger partial charge in [0.15, 0.2) is 6.10 Å². The number of carbonyl (C=O) groups is 3. The Bertz CT molecular complexity index is 1700. The molecular formula is C77H130O6. The predicted molar refractivity (Wildman–Crippen MR) is 362 cm³/mol. The van der Waals surface area contributed by atoms with E-state index >= 15 is 0 Å². The van der Waals surface area contributed by atoms with Crippen LogP contribution in [0.3, 0.4) is 0 Å². The molecule has 0 fully saturated rings. The van der Waals surface area contributed by atoms with Gasteiger partial charge in [0, 0.05) is 19.3 Å². The Kier molecular flexibility index (Phi) is 66.7. The van der Waals surface area contributed by atoms with Crippen molar-refractivity contribution >= 4 is 17.9 Å². The number of carbonyl (C=O) groups excluding carboxylic acids is 3. The first-order valence-corrected chi connectivity index (χ1v) is 35.0. The molecule has 0 amide bonds. The van der Waals surface area contributed by atoms with Crippen LogP contribution in [0.1, 0.15) is 329 Å². The molecule has 0 saturated carbocycles. The van der Waals surface area contributed by atoms with Crippen molar-refractivity contribution in [1.82, 2.24) is 0 Å². The second-order valence-corrected chi connectivity index (χ2v) is 23.0. The highest BCUT2D eigenvalue weighted by atomic mass is 16.6. The van der Waals surface area contributed by atoms with Crippen LogP contribution in [0.4, 0.5) is 0 Å². The molecular weight excluding hydrogens is 1020 g/mol. The Balaban J connectivity index is 4.21. The van der Waals surface area contributed by atoms with E-state index in [-0.39, 0.29) is 31.1 Å². The molecule has 0 aliphatic carbocycles. The molecule has 0 heterocycles. The van der Waals surface area contributed by atoms with Crippen LogP contribution >= 0.6 is 0 Å². The second kappa shape index (κ2) is 70.3. The molecule has 0 N–H and O–H groups in total. The van der Waals surface area contributed by atoms with Crippen molar-refractivity contribution in [3.63, 3.8) is 0 Å². The predicted octanol–water partition coefficient (Wildman–Crippen LogP) is 24.3. The average molecular weight is 1150 g/mol. The van der Waals surface area contributed by atoms with Crippen LogP contribution < -0.4 is 0 Å². The van der Waals surface area contributed by atoms with Gasteiger partial charge in [-0.2, -0.15) is 0 Å². The highest BCUT2D eigenvalue weighted by Gasteiger charge is 2.19. The van der Waals surface area contributed by atoms with Crippen LogP contribution in [0.2, 0.25) is 0 Å². The summed E-state index contributed by atoms with van der Waals surface area (Å²) < 4.78 is 16.9. The van der Waals surface area contributed by atoms with Crippen molar-refractivity contribution in [2.24, 2.45) is 0 Å². The van der Waals surface area contributed by atoms with Crippen LogP contribution in [0.25, 0.3) is 0 Å². The van der Waals surface area contributed by atoms with Crippen LogP contribution in [-0.4, -0.2) is 37.2 Å². The fraction of sp³-hybridized carbons (Fsp3) is 0.701. The van der Waals surface area contributed by atoms with Gasteiger partial charge in [-0.05, 0) is 109 Å². The standard InChI is InChI=1S/C77H130O6/c1-4-7-10-13-16-19-22-25-28-29-30-31-32-33-34-35-36-37-38-39-40-41-42-43-44-45-46-47-50-52-55-58-61-64-67-70-76(79)82-73-74(83-77(80)71-68-65-62-59-56-53-49-27-24-21-18-15-12-9-6-3)72-81-75(78)69-66-63-60-57-54-51-48-26-23-20-17-14-11-8-5-2/h7,9-10,12,16,18-19,21,25,27-28,30-31,33-34,36-37,39-40,49,74H,4-6,8,11,13-15,17,20,22-24,26,29,32,35,38,41-48,50-73H2,1-3H3/b10-7-,12-9-,19-16-,21-18-,28-25-,31-30-,34-33-,37-36-,40-39-,49-27-. The summed E-state index contributed by atoms with van der Waals surface area (Å²) in [6.07, 6.45) is 98.0. The van der Waals surface area contributed by atoms with E-state index in [1.165, 1.54) is 148 Å². The Morgan fingerprint density at radius 2 is 0.470 bits per heavy atom. The van der Waals surface area contributed by atoms with Crippen LogP contribution in [-0.2, 0) is 28.6 Å². The minimum absolute atomic E-state index is 0.0824. The molecule has 6 nitrogen and oxygen atoms in total. The summed E-state index contributed by atoms with van der Waals surface area (Å²) in [4.78, 5) is 38.4. The van der Waals surface area contributed by atoms with Crippen molar-refractivity contribution < 1.29 is 28.6 Å². The molecule has 1 atom stereocenters. The van der Waals surface area contributed by atoms with E-state index in [9.17, 15) is 14.4 Å². The number of allylic oxidation sites excluding steroid dienone is 20. The van der Waals surface area contributed by atoms with Crippen LogP contribution in [0, 0.1) is 0 Å². The monoisotopic (exact) mass is 1150 g/mol. The first-order valence-electron chi connectivity index (χ1n) is 35.0. The van der Waals surface area contributed by atoms with Crippen molar-refractivity contribution in [2.75, 3.05) is 13.2 Å². The summed E-state index contributed by atoms with van der Waals surface area (Å²) in [5.74, 6) is -0.889. The lowest BCUT2D eigenvalue weighted by Gasteiger charge is -2.18. The molecule has 0 rings (SSSR count). The van der Waals surface area contributed by atoms with E-state index in [1.54, 1.807) is 0 Å². The van der Waals surface area contributed by atoms with E-state index in [0.29, 0.717) is 19.3 Å². The molecule has 1 unspecified atom stereocenters. The summed E-state index contributed by atoms with van der Waals surface area (Å²) in [6, 6.07) is 0. The number of hydrogen-bond donors (Lipinski definition) is 0. The topological polar surface area (TPSA) is 78.9 Å². The molecule has 0 aromatic carbocycles. The molecule has 0 bridgehead atoms. The normalized spacial score (nSPS) is 12.9. The molecule has 6 heteroatoms. The molecule has 0 aliphatic heterocycles. The van der Waals surface area contributed by atoms with E-state index in [0.717, 1.165) is 141 Å². The lowest BCUT2D eigenvalue weighted by atomic mass is 10.0. The highest BCUT2D eigenvalue weighted by Crippen LogP contribution is 2.17. The number of unbranched alkanes of at least 4 members (excludes halogenated alkanes) is 32. The summed E-state index contributed by atoms with van der Waals surface area (Å²) in [5, 5.41) is 0. The molecule has 83 heavy (non-hydrogen) atoms. The third kappa shape index (κ3) is 68.5. The van der Waals surface area contributed by atoms with Gasteiger partial charge in [-0.1, -0.05) is 322 Å². The summed E-state index contributed by atoms with van der Waals surface area (Å²) in [6.45, 7) is 6.43. The minimum atomic E-state index is -0.788. The quantitative estimate of drug-likeness (QED) is 0.0261. The zero-order valence-corrected chi connectivity index (χ0v) is 54.4. The van der Waals surface area contributed by atoms with Gasteiger partial charge in [0.2, 0.25) is 0 Å². The first-order chi connectivity index (χ1) is 41.0. The van der Waals surface area contributed by atoms with E-state index in [1.807, 2.05) is 0 Å². The van der Waals surface area contributed by atoms with E-state index in [2.05, 4.69) is 142 Å².